The highest BCUT2D eigenvalue weighted by atomic mass is 32.1. The van der Waals surface area contributed by atoms with Crippen LogP contribution in [0.5, 0.6) is 0 Å². The lowest BCUT2D eigenvalue weighted by molar-refractivity contribution is 0.760. The highest BCUT2D eigenvalue weighted by molar-refractivity contribution is 7.12. The highest BCUT2D eigenvalue weighted by Gasteiger charge is 2.22. The van der Waals surface area contributed by atoms with Crippen LogP contribution < -0.4 is 4.90 Å². The van der Waals surface area contributed by atoms with Crippen LogP contribution in [0.15, 0.2) is 49.3 Å². The zero-order chi connectivity index (χ0) is 16.1. The molecule has 0 aliphatic carbocycles. The SMILES string of the molecule is CC#Cc1ccc(C(C)N(c2cnccn2)c2cnccn2)s1. The second kappa shape index (κ2) is 6.99. The molecule has 3 rings (SSSR count). The molecule has 0 saturated heterocycles. The second-order valence-corrected chi connectivity index (χ2v) is 5.87. The van der Waals surface area contributed by atoms with Gasteiger partial charge in [-0.1, -0.05) is 5.92 Å². The second-order valence-electron chi connectivity index (χ2n) is 4.75. The van der Waals surface area contributed by atoms with Gasteiger partial charge in [0, 0.05) is 29.7 Å². The minimum Gasteiger partial charge on any atom is -0.300 e. The number of aromatic nitrogens is 4. The normalized spacial score (nSPS) is 11.4. The van der Waals surface area contributed by atoms with E-state index in [1.165, 1.54) is 4.88 Å². The summed E-state index contributed by atoms with van der Waals surface area (Å²) in [5.41, 5.74) is 0. The lowest BCUT2D eigenvalue weighted by Crippen LogP contribution is -2.23. The van der Waals surface area contributed by atoms with E-state index in [-0.39, 0.29) is 6.04 Å². The standard InChI is InChI=1S/C17H15N5S/c1-3-4-14-5-6-15(23-14)13(2)22(16-11-18-7-9-20-16)17-12-19-8-10-21-17/h5-13H,1-2H3. The average Bonchev–Trinajstić information content (AvgIpc) is 3.06. The lowest BCUT2D eigenvalue weighted by Gasteiger charge is -2.27. The maximum absolute atomic E-state index is 4.42. The summed E-state index contributed by atoms with van der Waals surface area (Å²) in [6.07, 6.45) is 10.1. The first-order valence-corrected chi connectivity index (χ1v) is 7.95. The number of hydrogen-bond donors (Lipinski definition) is 0. The van der Waals surface area contributed by atoms with E-state index in [9.17, 15) is 0 Å². The Morgan fingerprint density at radius 1 is 1.00 bits per heavy atom. The Bertz CT molecular complexity index is 781. The molecule has 0 spiro atoms. The fourth-order valence-corrected chi connectivity index (χ4v) is 3.20. The van der Waals surface area contributed by atoms with Crippen LogP contribution in [0.3, 0.4) is 0 Å². The van der Waals surface area contributed by atoms with E-state index in [4.69, 9.17) is 0 Å². The minimum absolute atomic E-state index is 0.0424. The van der Waals surface area contributed by atoms with Crippen LogP contribution in [0.1, 0.15) is 29.6 Å². The third-order valence-electron chi connectivity index (χ3n) is 3.27. The highest BCUT2D eigenvalue weighted by Crippen LogP contribution is 2.34. The summed E-state index contributed by atoms with van der Waals surface area (Å²) >= 11 is 1.67. The molecule has 114 valence electrons. The zero-order valence-electron chi connectivity index (χ0n) is 12.8. The van der Waals surface area contributed by atoms with Gasteiger partial charge in [-0.25, -0.2) is 9.97 Å². The van der Waals surface area contributed by atoms with Crippen LogP contribution in [0, 0.1) is 11.8 Å². The van der Waals surface area contributed by atoms with Gasteiger partial charge in [0.25, 0.3) is 0 Å². The van der Waals surface area contributed by atoms with E-state index in [0.717, 1.165) is 16.5 Å². The number of rotatable bonds is 4. The summed E-state index contributed by atoms with van der Waals surface area (Å²) in [7, 11) is 0. The predicted molar refractivity (Wildman–Crippen MR) is 91.5 cm³/mol. The summed E-state index contributed by atoms with van der Waals surface area (Å²) in [6.45, 7) is 3.95. The molecule has 0 radical (unpaired) electrons. The first-order valence-electron chi connectivity index (χ1n) is 7.13. The monoisotopic (exact) mass is 321 g/mol. The first kappa shape index (κ1) is 15.1. The number of thiophene rings is 1. The number of nitrogens with zero attached hydrogens (tertiary/aromatic N) is 5. The molecule has 0 N–H and O–H groups in total. The molecule has 1 atom stereocenters. The van der Waals surface area contributed by atoms with Crippen LogP contribution >= 0.6 is 11.3 Å². The Morgan fingerprint density at radius 3 is 2.17 bits per heavy atom. The topological polar surface area (TPSA) is 54.8 Å². The molecule has 5 nitrogen and oxygen atoms in total. The van der Waals surface area contributed by atoms with Gasteiger partial charge in [0.1, 0.15) is 0 Å². The van der Waals surface area contributed by atoms with Gasteiger partial charge in [-0.05, 0) is 26.0 Å². The van der Waals surface area contributed by atoms with Crippen molar-refractivity contribution in [3.8, 4) is 11.8 Å². The maximum Gasteiger partial charge on any atom is 0.153 e. The van der Waals surface area contributed by atoms with Crippen molar-refractivity contribution < 1.29 is 0 Å². The molecule has 23 heavy (non-hydrogen) atoms. The van der Waals surface area contributed by atoms with Gasteiger partial charge in [0.05, 0.1) is 23.3 Å². The van der Waals surface area contributed by atoms with Crippen LogP contribution in [0.4, 0.5) is 11.6 Å². The summed E-state index contributed by atoms with van der Waals surface area (Å²) in [5.74, 6) is 7.49. The Kier molecular flexibility index (Phi) is 4.60. The molecule has 0 fully saturated rings. The Morgan fingerprint density at radius 2 is 1.65 bits per heavy atom. The van der Waals surface area contributed by atoms with Gasteiger partial charge in [-0.2, -0.15) is 0 Å². The molecular formula is C17H15N5S. The maximum atomic E-state index is 4.42. The molecule has 0 aliphatic heterocycles. The van der Waals surface area contributed by atoms with E-state index in [2.05, 4.69) is 44.8 Å². The quantitative estimate of drug-likeness (QED) is 0.687. The fraction of sp³-hybridized carbons (Fsp3) is 0.176. The van der Waals surface area contributed by atoms with Gasteiger partial charge in [-0.15, -0.1) is 17.3 Å². The molecule has 0 saturated carbocycles. The molecule has 0 bridgehead atoms. The van der Waals surface area contributed by atoms with E-state index in [0.29, 0.717) is 0 Å². The molecule has 3 heterocycles. The van der Waals surface area contributed by atoms with Gasteiger partial charge < -0.3 is 4.90 Å². The summed E-state index contributed by atoms with van der Waals surface area (Å²) in [6, 6.07) is 4.17. The minimum atomic E-state index is 0.0424. The van der Waals surface area contributed by atoms with Crippen molar-refractivity contribution in [2.75, 3.05) is 4.90 Å². The molecule has 0 amide bonds. The first-order chi connectivity index (χ1) is 11.3. The number of hydrogen-bond acceptors (Lipinski definition) is 6. The van der Waals surface area contributed by atoms with Crippen molar-refractivity contribution in [1.82, 2.24) is 19.9 Å². The molecule has 0 aromatic carbocycles. The predicted octanol–water partition coefficient (Wildman–Crippen LogP) is 3.60. The molecular weight excluding hydrogens is 306 g/mol. The van der Waals surface area contributed by atoms with Crippen molar-refractivity contribution in [2.45, 2.75) is 19.9 Å². The van der Waals surface area contributed by atoms with Crippen LogP contribution in [-0.4, -0.2) is 19.9 Å². The van der Waals surface area contributed by atoms with Crippen molar-refractivity contribution >= 4 is 23.0 Å². The Balaban J connectivity index is 2.02. The van der Waals surface area contributed by atoms with Crippen LogP contribution in [-0.2, 0) is 0 Å². The summed E-state index contributed by atoms with van der Waals surface area (Å²) in [5, 5.41) is 0. The van der Waals surface area contributed by atoms with Gasteiger partial charge in [-0.3, -0.25) is 9.97 Å². The molecule has 6 heteroatoms. The van der Waals surface area contributed by atoms with Crippen LogP contribution in [0.25, 0.3) is 0 Å². The molecule has 3 aromatic rings. The smallest absolute Gasteiger partial charge is 0.153 e. The third-order valence-corrected chi connectivity index (χ3v) is 4.44. The third kappa shape index (κ3) is 3.35. The summed E-state index contributed by atoms with van der Waals surface area (Å²) in [4.78, 5) is 21.4. The van der Waals surface area contributed by atoms with E-state index >= 15 is 0 Å². The van der Waals surface area contributed by atoms with Gasteiger partial charge in [0.2, 0.25) is 0 Å². The van der Waals surface area contributed by atoms with E-state index in [1.54, 1.807) is 48.5 Å². The van der Waals surface area contributed by atoms with Crippen molar-refractivity contribution in [2.24, 2.45) is 0 Å². The van der Waals surface area contributed by atoms with Crippen molar-refractivity contribution in [1.29, 1.82) is 0 Å². The van der Waals surface area contributed by atoms with Crippen molar-refractivity contribution in [3.05, 3.63) is 59.1 Å². The fourth-order valence-electron chi connectivity index (χ4n) is 2.24. The Labute approximate surface area is 139 Å². The molecule has 0 aliphatic rings. The van der Waals surface area contributed by atoms with E-state index < -0.39 is 0 Å². The van der Waals surface area contributed by atoms with Crippen LogP contribution in [0.2, 0.25) is 0 Å². The zero-order valence-corrected chi connectivity index (χ0v) is 13.7. The van der Waals surface area contributed by atoms with Gasteiger partial charge >= 0.3 is 0 Å². The lowest BCUT2D eigenvalue weighted by atomic mass is 10.2. The Hall–Kier alpha value is -2.78. The largest absolute Gasteiger partial charge is 0.300 e. The number of anilines is 2. The molecule has 1 unspecified atom stereocenters. The summed E-state index contributed by atoms with van der Waals surface area (Å²) < 4.78 is 0. The van der Waals surface area contributed by atoms with Crippen molar-refractivity contribution in [3.63, 3.8) is 0 Å². The molecule has 3 aromatic heterocycles. The van der Waals surface area contributed by atoms with Gasteiger partial charge in [0.15, 0.2) is 11.6 Å². The average molecular weight is 321 g/mol. The van der Waals surface area contributed by atoms with E-state index in [1.807, 2.05) is 17.9 Å².